The van der Waals surface area contributed by atoms with E-state index in [9.17, 15) is 9.59 Å². The van der Waals surface area contributed by atoms with E-state index >= 15 is 0 Å². The minimum Gasteiger partial charge on any atom is -0.478 e. The molecule has 0 aliphatic carbocycles. The van der Waals surface area contributed by atoms with Crippen molar-refractivity contribution in [3.8, 4) is 0 Å². The van der Waals surface area contributed by atoms with Gasteiger partial charge in [0.1, 0.15) is 0 Å². The van der Waals surface area contributed by atoms with Crippen LogP contribution in [0.3, 0.4) is 0 Å². The second-order valence-corrected chi connectivity index (χ2v) is 5.32. The zero-order valence-corrected chi connectivity index (χ0v) is 12.5. The van der Waals surface area contributed by atoms with E-state index in [1.807, 2.05) is 22.6 Å². The summed E-state index contributed by atoms with van der Waals surface area (Å²) in [6, 6.07) is 8.34. The van der Waals surface area contributed by atoms with Crippen LogP contribution in [0, 0.1) is 3.57 Å². The molecule has 102 valence electrons. The number of hydrogen-bond donors (Lipinski definition) is 2. The number of carboxylic acids is 1. The van der Waals surface area contributed by atoms with Crippen molar-refractivity contribution < 1.29 is 14.7 Å². The molecule has 0 saturated carbocycles. The first-order valence-corrected chi connectivity index (χ1v) is 6.86. The van der Waals surface area contributed by atoms with Crippen LogP contribution in [0.2, 0.25) is 0 Å². The molecule has 0 fully saturated rings. The van der Waals surface area contributed by atoms with Crippen molar-refractivity contribution in [1.29, 1.82) is 0 Å². The quantitative estimate of drug-likeness (QED) is 0.797. The lowest BCUT2D eigenvalue weighted by Crippen LogP contribution is -2.17. The minimum atomic E-state index is -1.07. The smallest absolute Gasteiger partial charge is 0.337 e. The maximum absolute atomic E-state index is 11.9. The molecular formula is C14H11IN2O3. The average Bonchev–Trinajstić information content (AvgIpc) is 2.41. The van der Waals surface area contributed by atoms with E-state index < -0.39 is 5.97 Å². The highest BCUT2D eigenvalue weighted by molar-refractivity contribution is 14.1. The highest BCUT2D eigenvalue weighted by Gasteiger charge is 2.13. The Bertz CT molecular complexity index is 644. The van der Waals surface area contributed by atoms with Crippen molar-refractivity contribution in [3.63, 3.8) is 0 Å². The summed E-state index contributed by atoms with van der Waals surface area (Å²) in [5.41, 5.74) is 1.21. The molecule has 1 aromatic heterocycles. The predicted molar refractivity (Wildman–Crippen MR) is 82.7 cm³/mol. The molecule has 0 spiro atoms. The molecule has 20 heavy (non-hydrogen) atoms. The summed E-state index contributed by atoms with van der Waals surface area (Å²) in [6.07, 6.45) is 3.39. The van der Waals surface area contributed by atoms with Gasteiger partial charge in [-0.25, -0.2) is 4.79 Å². The lowest BCUT2D eigenvalue weighted by atomic mass is 10.1. The number of carbonyl (C=O) groups is 2. The van der Waals surface area contributed by atoms with Gasteiger partial charge in [-0.05, 0) is 58.5 Å². The van der Waals surface area contributed by atoms with Gasteiger partial charge < -0.3 is 10.4 Å². The molecule has 1 amide bonds. The molecular weight excluding hydrogens is 371 g/mol. The van der Waals surface area contributed by atoms with Crippen molar-refractivity contribution >= 4 is 40.2 Å². The number of pyridine rings is 1. The largest absolute Gasteiger partial charge is 0.478 e. The van der Waals surface area contributed by atoms with Crippen LogP contribution in [0.4, 0.5) is 5.69 Å². The van der Waals surface area contributed by atoms with E-state index in [0.29, 0.717) is 5.69 Å². The third-order valence-corrected chi connectivity index (χ3v) is 3.27. The van der Waals surface area contributed by atoms with Gasteiger partial charge in [-0.15, -0.1) is 0 Å². The van der Waals surface area contributed by atoms with E-state index in [2.05, 4.69) is 10.3 Å². The van der Waals surface area contributed by atoms with E-state index in [0.717, 1.165) is 9.13 Å². The SMILES string of the molecule is O=C(Cc1ccncc1)Nc1ccc(I)cc1C(=O)O. The first-order chi connectivity index (χ1) is 9.56. The van der Waals surface area contributed by atoms with Gasteiger partial charge in [0.25, 0.3) is 0 Å². The first-order valence-electron chi connectivity index (χ1n) is 5.78. The maximum atomic E-state index is 11.9. The van der Waals surface area contributed by atoms with Gasteiger partial charge in [-0.1, -0.05) is 0 Å². The van der Waals surface area contributed by atoms with Crippen molar-refractivity contribution in [2.45, 2.75) is 6.42 Å². The number of rotatable bonds is 4. The van der Waals surface area contributed by atoms with E-state index in [1.165, 1.54) is 6.07 Å². The second-order valence-electron chi connectivity index (χ2n) is 4.08. The number of nitrogens with one attached hydrogen (secondary N) is 1. The summed E-state index contributed by atoms with van der Waals surface area (Å²) < 4.78 is 0.798. The molecule has 2 N–H and O–H groups in total. The average molecular weight is 382 g/mol. The Kier molecular flexibility index (Phi) is 4.67. The Labute approximate surface area is 129 Å². The fourth-order valence-electron chi connectivity index (χ4n) is 1.68. The number of amides is 1. The van der Waals surface area contributed by atoms with Crippen LogP contribution in [0.5, 0.6) is 0 Å². The molecule has 0 saturated heterocycles. The molecule has 5 nitrogen and oxygen atoms in total. The summed E-state index contributed by atoms with van der Waals surface area (Å²) in [6.45, 7) is 0. The van der Waals surface area contributed by atoms with E-state index in [1.54, 1.807) is 36.7 Å². The predicted octanol–water partition coefficient (Wildman–Crippen LogP) is 2.57. The molecule has 0 bridgehead atoms. The highest BCUT2D eigenvalue weighted by atomic mass is 127. The van der Waals surface area contributed by atoms with Crippen LogP contribution < -0.4 is 5.32 Å². The molecule has 2 rings (SSSR count). The zero-order chi connectivity index (χ0) is 14.5. The number of carboxylic acid groups (broad SMARTS) is 1. The molecule has 0 atom stereocenters. The van der Waals surface area contributed by atoms with Gasteiger partial charge in [0.05, 0.1) is 17.7 Å². The molecule has 0 radical (unpaired) electrons. The molecule has 0 unspecified atom stereocenters. The van der Waals surface area contributed by atoms with Crippen LogP contribution in [0.1, 0.15) is 15.9 Å². The zero-order valence-electron chi connectivity index (χ0n) is 10.3. The summed E-state index contributed by atoms with van der Waals surface area (Å²) >= 11 is 2.02. The minimum absolute atomic E-state index is 0.0833. The number of aromatic nitrogens is 1. The Morgan fingerprint density at radius 2 is 1.90 bits per heavy atom. The fourth-order valence-corrected chi connectivity index (χ4v) is 2.17. The van der Waals surface area contributed by atoms with Crippen LogP contribution in [-0.4, -0.2) is 22.0 Å². The third kappa shape index (κ3) is 3.77. The Balaban J connectivity index is 2.14. The van der Waals surface area contributed by atoms with Crippen LogP contribution in [-0.2, 0) is 11.2 Å². The summed E-state index contributed by atoms with van der Waals surface area (Å²) in [4.78, 5) is 26.9. The van der Waals surface area contributed by atoms with Crippen molar-refractivity contribution in [2.24, 2.45) is 0 Å². The molecule has 0 aliphatic heterocycles. The Morgan fingerprint density at radius 1 is 1.20 bits per heavy atom. The van der Waals surface area contributed by atoms with Crippen molar-refractivity contribution in [2.75, 3.05) is 5.32 Å². The normalized spacial score (nSPS) is 10.1. The lowest BCUT2D eigenvalue weighted by Gasteiger charge is -2.09. The number of anilines is 1. The Hall–Kier alpha value is -1.96. The van der Waals surface area contributed by atoms with Crippen molar-refractivity contribution in [1.82, 2.24) is 4.98 Å². The standard InChI is InChI=1S/C14H11IN2O3/c15-10-1-2-12(11(8-10)14(19)20)17-13(18)7-9-3-5-16-6-4-9/h1-6,8H,7H2,(H,17,18)(H,19,20). The summed E-state index contributed by atoms with van der Waals surface area (Å²) in [5.74, 6) is -1.33. The van der Waals surface area contributed by atoms with Crippen molar-refractivity contribution in [3.05, 3.63) is 57.4 Å². The van der Waals surface area contributed by atoms with Crippen LogP contribution in [0.15, 0.2) is 42.7 Å². The first kappa shape index (κ1) is 14.4. The molecule has 6 heteroatoms. The maximum Gasteiger partial charge on any atom is 0.337 e. The van der Waals surface area contributed by atoms with Gasteiger partial charge in [0.2, 0.25) is 5.91 Å². The summed E-state index contributed by atoms with van der Waals surface area (Å²) in [7, 11) is 0. The monoisotopic (exact) mass is 382 g/mol. The molecule has 1 heterocycles. The van der Waals surface area contributed by atoms with Crippen LogP contribution >= 0.6 is 22.6 Å². The van der Waals surface area contributed by atoms with Gasteiger partial charge in [-0.2, -0.15) is 0 Å². The van der Waals surface area contributed by atoms with Crippen LogP contribution in [0.25, 0.3) is 0 Å². The third-order valence-electron chi connectivity index (χ3n) is 2.60. The number of carbonyl (C=O) groups excluding carboxylic acids is 1. The van der Waals surface area contributed by atoms with Gasteiger partial charge in [0.15, 0.2) is 0 Å². The number of hydrogen-bond acceptors (Lipinski definition) is 3. The van der Waals surface area contributed by atoms with Gasteiger partial charge in [-0.3, -0.25) is 9.78 Å². The van der Waals surface area contributed by atoms with E-state index in [4.69, 9.17) is 5.11 Å². The van der Waals surface area contributed by atoms with Gasteiger partial charge in [0, 0.05) is 16.0 Å². The number of halogens is 1. The lowest BCUT2D eigenvalue weighted by molar-refractivity contribution is -0.115. The number of benzene rings is 1. The fraction of sp³-hybridized carbons (Fsp3) is 0.0714. The number of aromatic carboxylic acids is 1. The number of nitrogens with zero attached hydrogens (tertiary/aromatic N) is 1. The van der Waals surface area contributed by atoms with E-state index in [-0.39, 0.29) is 17.9 Å². The topological polar surface area (TPSA) is 79.3 Å². The summed E-state index contributed by atoms with van der Waals surface area (Å²) in [5, 5.41) is 11.8. The highest BCUT2D eigenvalue weighted by Crippen LogP contribution is 2.19. The molecule has 0 aliphatic rings. The second kappa shape index (κ2) is 6.47. The molecule has 2 aromatic rings. The molecule has 1 aromatic carbocycles. The Morgan fingerprint density at radius 3 is 2.55 bits per heavy atom. The van der Waals surface area contributed by atoms with Gasteiger partial charge >= 0.3 is 5.97 Å².